The fraction of sp³-hybridized carbons (Fsp3) is 0.174. The molecule has 1 aromatic heterocycles. The van der Waals surface area contributed by atoms with Gasteiger partial charge < -0.3 is 20.0 Å². The second-order valence-electron chi connectivity index (χ2n) is 7.01. The molecule has 1 saturated heterocycles. The third kappa shape index (κ3) is 4.41. The number of nitrogens with one attached hydrogen (secondary N) is 2. The van der Waals surface area contributed by atoms with Crippen molar-refractivity contribution in [1.29, 1.82) is 0 Å². The maximum absolute atomic E-state index is 12.4. The van der Waals surface area contributed by atoms with E-state index in [9.17, 15) is 14.4 Å². The van der Waals surface area contributed by atoms with Crippen LogP contribution in [0.15, 0.2) is 71.3 Å². The Kier molecular flexibility index (Phi) is 5.61. The highest BCUT2D eigenvalue weighted by Gasteiger charge is 2.21. The minimum Gasteiger partial charge on any atom is -0.459 e. The molecule has 7 heteroatoms. The lowest BCUT2D eigenvalue weighted by Crippen LogP contribution is -2.24. The summed E-state index contributed by atoms with van der Waals surface area (Å²) < 4.78 is 5.05. The van der Waals surface area contributed by atoms with Crippen LogP contribution in [0.3, 0.4) is 0 Å². The Bertz CT molecular complexity index is 1040. The number of hydrogen-bond acceptors (Lipinski definition) is 4. The molecule has 0 bridgehead atoms. The number of benzene rings is 2. The summed E-state index contributed by atoms with van der Waals surface area (Å²) in [6.45, 7) is 1.14. The number of hydrogen-bond donors (Lipinski definition) is 2. The fourth-order valence-electron chi connectivity index (χ4n) is 3.30. The van der Waals surface area contributed by atoms with Crippen molar-refractivity contribution in [3.63, 3.8) is 0 Å². The molecule has 30 heavy (non-hydrogen) atoms. The van der Waals surface area contributed by atoms with Gasteiger partial charge in [-0.2, -0.15) is 0 Å². The summed E-state index contributed by atoms with van der Waals surface area (Å²) in [6, 6.07) is 17.5. The predicted octanol–water partition coefficient (Wildman–Crippen LogP) is 3.59. The quantitative estimate of drug-likeness (QED) is 0.658. The zero-order valence-corrected chi connectivity index (χ0v) is 16.3. The molecule has 0 aliphatic carbocycles. The summed E-state index contributed by atoms with van der Waals surface area (Å²) in [5.74, 6) is -0.189. The topological polar surface area (TPSA) is 91.7 Å². The number of rotatable bonds is 6. The lowest BCUT2D eigenvalue weighted by Gasteiger charge is -2.16. The maximum Gasteiger partial charge on any atom is 0.291 e. The zero-order valence-electron chi connectivity index (χ0n) is 16.3. The molecule has 2 aromatic carbocycles. The second kappa shape index (κ2) is 8.65. The van der Waals surface area contributed by atoms with Crippen LogP contribution in [0.5, 0.6) is 0 Å². The molecule has 3 aromatic rings. The molecule has 1 aliphatic heterocycles. The van der Waals surface area contributed by atoms with Crippen LogP contribution in [0.25, 0.3) is 0 Å². The lowest BCUT2D eigenvalue weighted by molar-refractivity contribution is -0.117. The Hall–Kier alpha value is -3.87. The predicted molar refractivity (Wildman–Crippen MR) is 112 cm³/mol. The molecule has 0 atom stereocenters. The van der Waals surface area contributed by atoms with Crippen molar-refractivity contribution in [2.24, 2.45) is 0 Å². The third-order valence-electron chi connectivity index (χ3n) is 4.92. The van der Waals surface area contributed by atoms with Gasteiger partial charge >= 0.3 is 0 Å². The fourth-order valence-corrected chi connectivity index (χ4v) is 3.30. The summed E-state index contributed by atoms with van der Waals surface area (Å²) in [7, 11) is 0. The summed E-state index contributed by atoms with van der Waals surface area (Å²) in [6.07, 6.45) is 2.92. The van der Waals surface area contributed by atoms with Crippen LogP contribution in [0.4, 0.5) is 11.4 Å². The van der Waals surface area contributed by atoms with Gasteiger partial charge in [0.15, 0.2) is 5.76 Å². The third-order valence-corrected chi connectivity index (χ3v) is 4.92. The van der Waals surface area contributed by atoms with Gasteiger partial charge in [-0.25, -0.2) is 0 Å². The Balaban J connectivity index is 1.30. The van der Waals surface area contributed by atoms with E-state index in [0.717, 1.165) is 24.2 Å². The number of nitrogens with zero attached hydrogens (tertiary/aromatic N) is 1. The first-order valence-electron chi connectivity index (χ1n) is 9.72. The zero-order chi connectivity index (χ0) is 20.9. The van der Waals surface area contributed by atoms with Gasteiger partial charge in [0.2, 0.25) is 5.91 Å². The number of amides is 3. The Morgan fingerprint density at radius 1 is 0.967 bits per heavy atom. The SMILES string of the molecule is O=C(NCc1ccc(N2CCCC2=O)cc1)c1ccc(NC(=O)c2ccco2)cc1. The Labute approximate surface area is 173 Å². The van der Waals surface area contributed by atoms with Crippen molar-refractivity contribution in [3.8, 4) is 0 Å². The van der Waals surface area contributed by atoms with E-state index in [2.05, 4.69) is 10.6 Å². The van der Waals surface area contributed by atoms with E-state index in [1.807, 2.05) is 24.3 Å². The molecule has 2 N–H and O–H groups in total. The van der Waals surface area contributed by atoms with E-state index in [0.29, 0.717) is 24.2 Å². The van der Waals surface area contributed by atoms with Crippen molar-refractivity contribution in [3.05, 3.63) is 83.8 Å². The summed E-state index contributed by atoms with van der Waals surface area (Å²) in [4.78, 5) is 38.0. The largest absolute Gasteiger partial charge is 0.459 e. The molecule has 0 saturated carbocycles. The lowest BCUT2D eigenvalue weighted by atomic mass is 10.1. The summed E-state index contributed by atoms with van der Waals surface area (Å²) >= 11 is 0. The molecule has 152 valence electrons. The molecule has 3 amide bonds. The minimum atomic E-state index is -0.351. The van der Waals surface area contributed by atoms with Crippen molar-refractivity contribution in [2.75, 3.05) is 16.8 Å². The van der Waals surface area contributed by atoms with E-state index in [1.165, 1.54) is 6.26 Å². The smallest absolute Gasteiger partial charge is 0.291 e. The van der Waals surface area contributed by atoms with Crippen LogP contribution in [0, 0.1) is 0 Å². The van der Waals surface area contributed by atoms with Crippen LogP contribution >= 0.6 is 0 Å². The van der Waals surface area contributed by atoms with Gasteiger partial charge in [0.25, 0.3) is 11.8 Å². The first-order chi connectivity index (χ1) is 14.6. The Morgan fingerprint density at radius 2 is 1.73 bits per heavy atom. The first kappa shape index (κ1) is 19.4. The average molecular weight is 403 g/mol. The van der Waals surface area contributed by atoms with E-state index in [4.69, 9.17) is 4.42 Å². The number of furan rings is 1. The monoisotopic (exact) mass is 403 g/mol. The molecular formula is C23H21N3O4. The molecule has 7 nitrogen and oxygen atoms in total. The molecule has 1 fully saturated rings. The van der Waals surface area contributed by atoms with E-state index < -0.39 is 0 Å². The van der Waals surface area contributed by atoms with Gasteiger partial charge in [0.1, 0.15) is 0 Å². The number of anilines is 2. The molecule has 0 unspecified atom stereocenters. The molecule has 0 spiro atoms. The van der Waals surface area contributed by atoms with Crippen LogP contribution in [-0.4, -0.2) is 24.3 Å². The maximum atomic E-state index is 12.4. The van der Waals surface area contributed by atoms with Crippen molar-refractivity contribution >= 4 is 29.1 Å². The highest BCUT2D eigenvalue weighted by molar-refractivity contribution is 6.02. The molecule has 2 heterocycles. The van der Waals surface area contributed by atoms with Gasteiger partial charge in [-0.15, -0.1) is 0 Å². The second-order valence-corrected chi connectivity index (χ2v) is 7.01. The van der Waals surface area contributed by atoms with Crippen molar-refractivity contribution < 1.29 is 18.8 Å². The molecule has 1 aliphatic rings. The van der Waals surface area contributed by atoms with Crippen molar-refractivity contribution in [1.82, 2.24) is 5.32 Å². The van der Waals surface area contributed by atoms with Gasteiger partial charge in [-0.3, -0.25) is 14.4 Å². The number of carbonyl (C=O) groups is 3. The minimum absolute atomic E-state index is 0.153. The van der Waals surface area contributed by atoms with Gasteiger partial charge in [-0.05, 0) is 60.5 Å². The molecule has 4 rings (SSSR count). The highest BCUT2D eigenvalue weighted by atomic mass is 16.3. The normalized spacial score (nSPS) is 13.3. The van der Waals surface area contributed by atoms with E-state index >= 15 is 0 Å². The average Bonchev–Trinajstić information content (AvgIpc) is 3.45. The van der Waals surface area contributed by atoms with Gasteiger partial charge in [0.05, 0.1) is 6.26 Å². The Morgan fingerprint density at radius 3 is 2.37 bits per heavy atom. The van der Waals surface area contributed by atoms with E-state index in [1.54, 1.807) is 41.3 Å². The van der Waals surface area contributed by atoms with Crippen LogP contribution in [0.2, 0.25) is 0 Å². The van der Waals surface area contributed by atoms with Crippen LogP contribution < -0.4 is 15.5 Å². The van der Waals surface area contributed by atoms with Crippen LogP contribution in [-0.2, 0) is 11.3 Å². The summed E-state index contributed by atoms with van der Waals surface area (Å²) in [5.41, 5.74) is 2.89. The number of carbonyl (C=O) groups excluding carboxylic acids is 3. The summed E-state index contributed by atoms with van der Waals surface area (Å²) in [5, 5.41) is 5.58. The molecular weight excluding hydrogens is 382 g/mol. The first-order valence-corrected chi connectivity index (χ1v) is 9.72. The molecule has 0 radical (unpaired) electrons. The van der Waals surface area contributed by atoms with Crippen LogP contribution in [0.1, 0.15) is 39.3 Å². The standard InChI is InChI=1S/C23H21N3O4/c27-21-4-1-13-26(21)19-11-5-16(6-12-19)15-24-22(28)17-7-9-18(10-8-17)25-23(29)20-3-2-14-30-20/h2-3,5-12,14H,1,4,13,15H2,(H,24,28)(H,25,29). The van der Waals surface area contributed by atoms with Gasteiger partial charge in [-0.1, -0.05) is 12.1 Å². The van der Waals surface area contributed by atoms with E-state index in [-0.39, 0.29) is 23.5 Å². The van der Waals surface area contributed by atoms with Crippen molar-refractivity contribution in [2.45, 2.75) is 19.4 Å². The highest BCUT2D eigenvalue weighted by Crippen LogP contribution is 2.21. The van der Waals surface area contributed by atoms with Gasteiger partial charge in [0, 0.05) is 36.4 Å².